The summed E-state index contributed by atoms with van der Waals surface area (Å²) in [5.41, 5.74) is 1.31. The van der Waals surface area contributed by atoms with Gasteiger partial charge in [0, 0.05) is 19.1 Å². The maximum atomic E-state index is 12.5. The van der Waals surface area contributed by atoms with E-state index in [1.165, 1.54) is 30.2 Å². The minimum atomic E-state index is -0.413. The van der Waals surface area contributed by atoms with Gasteiger partial charge in [0.2, 0.25) is 5.91 Å². The Morgan fingerprint density at radius 1 is 1.32 bits per heavy atom. The molecule has 1 unspecified atom stereocenters. The first kappa shape index (κ1) is 23.3. The van der Waals surface area contributed by atoms with Crippen molar-refractivity contribution in [3.05, 3.63) is 41.2 Å². The SMILES string of the molecule is C=CCn1c(=NC(=O)CSCC(=O)N2CCCCC2C)sc2cc(C(=O)OC)ccc21. The molecule has 7 nitrogen and oxygen atoms in total. The zero-order valence-corrected chi connectivity index (χ0v) is 19.5. The highest BCUT2D eigenvalue weighted by Gasteiger charge is 2.23. The normalized spacial score (nSPS) is 17.0. The molecule has 1 saturated heterocycles. The summed E-state index contributed by atoms with van der Waals surface area (Å²) < 4.78 is 7.50. The lowest BCUT2D eigenvalue weighted by Crippen LogP contribution is -2.43. The van der Waals surface area contributed by atoms with E-state index in [0.29, 0.717) is 16.9 Å². The van der Waals surface area contributed by atoms with E-state index in [2.05, 4.69) is 18.5 Å². The molecule has 0 bridgehead atoms. The molecule has 1 aliphatic rings. The van der Waals surface area contributed by atoms with E-state index in [1.807, 2.05) is 15.5 Å². The predicted molar refractivity (Wildman–Crippen MR) is 124 cm³/mol. The van der Waals surface area contributed by atoms with E-state index >= 15 is 0 Å². The maximum Gasteiger partial charge on any atom is 0.337 e. The van der Waals surface area contributed by atoms with Gasteiger partial charge in [0.1, 0.15) is 0 Å². The van der Waals surface area contributed by atoms with Crippen molar-refractivity contribution in [2.24, 2.45) is 4.99 Å². The number of ether oxygens (including phenoxy) is 1. The topological polar surface area (TPSA) is 81.0 Å². The van der Waals surface area contributed by atoms with Gasteiger partial charge in [-0.15, -0.1) is 18.3 Å². The Hall–Kier alpha value is -2.39. The second-order valence-electron chi connectivity index (χ2n) is 7.39. The zero-order valence-electron chi connectivity index (χ0n) is 17.8. The molecule has 3 rings (SSSR count). The molecular weight excluding hydrogens is 434 g/mol. The monoisotopic (exact) mass is 461 g/mol. The number of esters is 1. The molecule has 1 fully saturated rings. The van der Waals surface area contributed by atoms with E-state index in [0.717, 1.165) is 36.0 Å². The highest BCUT2D eigenvalue weighted by atomic mass is 32.2. The molecule has 0 radical (unpaired) electrons. The first-order valence-corrected chi connectivity index (χ1v) is 12.2. The number of methoxy groups -OCH3 is 1. The lowest BCUT2D eigenvalue weighted by Gasteiger charge is -2.33. The van der Waals surface area contributed by atoms with Gasteiger partial charge >= 0.3 is 5.97 Å². The first-order valence-electron chi connectivity index (χ1n) is 10.2. The average molecular weight is 462 g/mol. The van der Waals surface area contributed by atoms with Gasteiger partial charge in [0.25, 0.3) is 5.91 Å². The fourth-order valence-corrected chi connectivity index (χ4v) is 5.40. The van der Waals surface area contributed by atoms with E-state index < -0.39 is 5.97 Å². The third-order valence-electron chi connectivity index (χ3n) is 5.21. The molecule has 0 aliphatic carbocycles. The number of benzene rings is 1. The van der Waals surface area contributed by atoms with Crippen molar-refractivity contribution in [2.75, 3.05) is 25.2 Å². The van der Waals surface area contributed by atoms with Gasteiger partial charge in [-0.1, -0.05) is 17.4 Å². The standard InChI is InChI=1S/C22H27N3O4S2/c1-4-10-25-17-9-8-16(21(28)29-3)12-18(17)31-22(25)23-19(26)13-30-14-20(27)24-11-6-5-7-15(24)2/h4,8-9,12,15H,1,5-7,10-11,13-14H2,2-3H3. The highest BCUT2D eigenvalue weighted by molar-refractivity contribution is 8.00. The Balaban J connectivity index is 1.72. The van der Waals surface area contributed by atoms with Gasteiger partial charge in [-0.25, -0.2) is 4.79 Å². The summed E-state index contributed by atoms with van der Waals surface area (Å²) >= 11 is 2.63. The largest absolute Gasteiger partial charge is 0.465 e. The third-order valence-corrected chi connectivity index (χ3v) is 7.15. The van der Waals surface area contributed by atoms with Crippen molar-refractivity contribution in [3.63, 3.8) is 0 Å². The molecule has 0 saturated carbocycles. The fraction of sp³-hybridized carbons (Fsp3) is 0.455. The van der Waals surface area contributed by atoms with Gasteiger partial charge in [-0.3, -0.25) is 9.59 Å². The van der Waals surface area contributed by atoms with E-state index in [-0.39, 0.29) is 29.4 Å². The van der Waals surface area contributed by atoms with Crippen LogP contribution in [0.2, 0.25) is 0 Å². The van der Waals surface area contributed by atoms with Crippen LogP contribution in [0.1, 0.15) is 36.5 Å². The number of carbonyl (C=O) groups is 3. The summed E-state index contributed by atoms with van der Waals surface area (Å²) in [5.74, 6) is -0.188. The van der Waals surface area contributed by atoms with Gasteiger partial charge < -0.3 is 14.2 Å². The summed E-state index contributed by atoms with van der Waals surface area (Å²) in [6, 6.07) is 5.52. The van der Waals surface area contributed by atoms with Crippen molar-refractivity contribution >= 4 is 51.1 Å². The van der Waals surface area contributed by atoms with Crippen molar-refractivity contribution in [1.82, 2.24) is 9.47 Å². The van der Waals surface area contributed by atoms with Crippen LogP contribution in [0.15, 0.2) is 35.8 Å². The second kappa shape index (κ2) is 10.8. The van der Waals surface area contributed by atoms with Crippen LogP contribution in [0.3, 0.4) is 0 Å². The minimum Gasteiger partial charge on any atom is -0.465 e. The van der Waals surface area contributed by atoms with E-state index in [1.54, 1.807) is 18.2 Å². The Kier molecular flexibility index (Phi) is 8.09. The zero-order chi connectivity index (χ0) is 22.4. The van der Waals surface area contributed by atoms with E-state index in [9.17, 15) is 14.4 Å². The number of piperidine rings is 1. The molecule has 166 valence electrons. The number of likely N-dealkylation sites (tertiary alicyclic amines) is 1. The Bertz CT molecular complexity index is 1060. The van der Waals surface area contributed by atoms with Crippen molar-refractivity contribution in [3.8, 4) is 0 Å². The number of rotatable bonds is 7. The number of thioether (sulfide) groups is 1. The molecule has 2 aromatic rings. The van der Waals surface area contributed by atoms with Crippen LogP contribution >= 0.6 is 23.1 Å². The summed E-state index contributed by atoms with van der Waals surface area (Å²) in [4.78, 5) is 43.4. The Labute approximate surface area is 189 Å². The Morgan fingerprint density at radius 2 is 2.13 bits per heavy atom. The number of carbonyl (C=O) groups excluding carboxylic acids is 3. The lowest BCUT2D eigenvalue weighted by atomic mass is 10.0. The van der Waals surface area contributed by atoms with Crippen molar-refractivity contribution in [1.29, 1.82) is 0 Å². The molecule has 9 heteroatoms. The molecule has 1 aromatic heterocycles. The summed E-state index contributed by atoms with van der Waals surface area (Å²) in [5, 5.41) is 0. The number of nitrogens with zero attached hydrogens (tertiary/aromatic N) is 3. The summed E-state index contributed by atoms with van der Waals surface area (Å²) in [6.07, 6.45) is 4.98. The van der Waals surface area contributed by atoms with Gasteiger partial charge in [-0.05, 0) is 44.4 Å². The smallest absolute Gasteiger partial charge is 0.337 e. The molecule has 31 heavy (non-hydrogen) atoms. The maximum absolute atomic E-state index is 12.5. The summed E-state index contributed by atoms with van der Waals surface area (Å²) in [7, 11) is 1.34. The van der Waals surface area contributed by atoms with Crippen LogP contribution in [0.5, 0.6) is 0 Å². The third kappa shape index (κ3) is 5.65. The van der Waals surface area contributed by atoms with E-state index in [4.69, 9.17) is 4.74 Å². The van der Waals surface area contributed by atoms with Crippen molar-refractivity contribution < 1.29 is 19.1 Å². The molecule has 2 amide bonds. The number of aromatic nitrogens is 1. The number of thiazole rings is 1. The quantitative estimate of drug-likeness (QED) is 0.467. The van der Waals surface area contributed by atoms with Gasteiger partial charge in [0.05, 0.1) is 34.4 Å². The number of hydrogen-bond acceptors (Lipinski definition) is 6. The first-order chi connectivity index (χ1) is 14.9. The molecule has 0 N–H and O–H groups in total. The number of fused-ring (bicyclic) bond motifs is 1. The molecule has 0 spiro atoms. The lowest BCUT2D eigenvalue weighted by molar-refractivity contribution is -0.131. The minimum absolute atomic E-state index is 0.0870. The number of amides is 2. The van der Waals surface area contributed by atoms with Crippen LogP contribution in [0, 0.1) is 0 Å². The number of hydrogen-bond donors (Lipinski definition) is 0. The van der Waals surface area contributed by atoms with Gasteiger partial charge in [-0.2, -0.15) is 4.99 Å². The van der Waals surface area contributed by atoms with Crippen LogP contribution < -0.4 is 4.80 Å². The Morgan fingerprint density at radius 3 is 2.84 bits per heavy atom. The second-order valence-corrected chi connectivity index (χ2v) is 9.38. The van der Waals surface area contributed by atoms with Gasteiger partial charge in [0.15, 0.2) is 4.80 Å². The highest BCUT2D eigenvalue weighted by Crippen LogP contribution is 2.20. The predicted octanol–water partition coefficient (Wildman–Crippen LogP) is 3.24. The van der Waals surface area contributed by atoms with Crippen LogP contribution in [-0.2, 0) is 20.9 Å². The average Bonchev–Trinajstić information content (AvgIpc) is 3.09. The molecule has 2 heterocycles. The van der Waals surface area contributed by atoms with Crippen LogP contribution in [-0.4, -0.2) is 58.5 Å². The molecular formula is C22H27N3O4S2. The molecule has 1 atom stereocenters. The number of allylic oxidation sites excluding steroid dienone is 1. The van der Waals surface area contributed by atoms with Crippen molar-refractivity contribution in [2.45, 2.75) is 38.8 Å². The summed E-state index contributed by atoms with van der Waals surface area (Å²) in [6.45, 7) is 7.14. The molecule has 1 aliphatic heterocycles. The molecule has 1 aromatic carbocycles. The van der Waals surface area contributed by atoms with Crippen LogP contribution in [0.4, 0.5) is 0 Å². The fourth-order valence-electron chi connectivity index (χ4n) is 3.63. The van der Waals surface area contributed by atoms with Crippen LogP contribution in [0.25, 0.3) is 10.2 Å².